The zero-order valence-electron chi connectivity index (χ0n) is 12.0. The lowest BCUT2D eigenvalue weighted by Gasteiger charge is -2.06. The Morgan fingerprint density at radius 1 is 1.09 bits per heavy atom. The summed E-state index contributed by atoms with van der Waals surface area (Å²) in [4.78, 5) is 0. The van der Waals surface area contributed by atoms with Crippen molar-refractivity contribution in [2.24, 2.45) is 5.10 Å². The molecule has 0 fully saturated rings. The highest BCUT2D eigenvalue weighted by atomic mass is 32.1. The van der Waals surface area contributed by atoms with Crippen molar-refractivity contribution in [2.75, 3.05) is 5.32 Å². The summed E-state index contributed by atoms with van der Waals surface area (Å²) in [5.41, 5.74) is 3.07. The Balaban J connectivity index is 1.73. The van der Waals surface area contributed by atoms with Crippen LogP contribution in [-0.4, -0.2) is 21.1 Å². The van der Waals surface area contributed by atoms with Crippen LogP contribution in [0.25, 0.3) is 0 Å². The van der Waals surface area contributed by atoms with Crippen LogP contribution in [0, 0.1) is 11.7 Å². The SMILES string of the molecule is Cc1n[nH]c(=S)n1/N=C\c1ccc(Nc2ccccc2)cc1. The molecule has 0 aliphatic carbocycles. The highest BCUT2D eigenvalue weighted by molar-refractivity contribution is 7.71. The van der Waals surface area contributed by atoms with Crippen molar-refractivity contribution in [3.8, 4) is 0 Å². The summed E-state index contributed by atoms with van der Waals surface area (Å²) in [6.07, 6.45) is 1.75. The normalized spacial score (nSPS) is 11.0. The third-order valence-corrected chi connectivity index (χ3v) is 3.37. The number of nitrogens with zero attached hydrogens (tertiary/aromatic N) is 3. The van der Waals surface area contributed by atoms with Crippen LogP contribution in [0.4, 0.5) is 11.4 Å². The molecule has 0 amide bonds. The molecule has 1 heterocycles. The van der Waals surface area contributed by atoms with Crippen LogP contribution in [0.1, 0.15) is 11.4 Å². The number of anilines is 2. The summed E-state index contributed by atoms with van der Waals surface area (Å²) in [5.74, 6) is 0.726. The van der Waals surface area contributed by atoms with E-state index >= 15 is 0 Å². The average molecular weight is 309 g/mol. The quantitative estimate of drug-likeness (QED) is 0.568. The lowest BCUT2D eigenvalue weighted by molar-refractivity contribution is 0.821. The van der Waals surface area contributed by atoms with Gasteiger partial charge < -0.3 is 5.32 Å². The van der Waals surface area contributed by atoms with E-state index in [1.54, 1.807) is 10.9 Å². The molecule has 2 aromatic carbocycles. The molecule has 6 heteroatoms. The van der Waals surface area contributed by atoms with Gasteiger partial charge in [0, 0.05) is 11.4 Å². The van der Waals surface area contributed by atoms with Gasteiger partial charge in [0.1, 0.15) is 5.82 Å². The maximum atomic E-state index is 5.10. The van der Waals surface area contributed by atoms with Crippen LogP contribution in [-0.2, 0) is 0 Å². The number of aryl methyl sites for hydroxylation is 1. The lowest BCUT2D eigenvalue weighted by Crippen LogP contribution is -1.94. The number of para-hydroxylation sites is 1. The van der Waals surface area contributed by atoms with Crippen molar-refractivity contribution < 1.29 is 0 Å². The third kappa shape index (κ3) is 3.29. The fourth-order valence-corrected chi connectivity index (χ4v) is 2.20. The number of benzene rings is 2. The summed E-state index contributed by atoms with van der Waals surface area (Å²) in [7, 11) is 0. The van der Waals surface area contributed by atoms with Crippen molar-refractivity contribution in [3.05, 3.63) is 70.8 Å². The molecular weight excluding hydrogens is 294 g/mol. The minimum absolute atomic E-state index is 0.483. The Kier molecular flexibility index (Phi) is 4.11. The number of rotatable bonds is 4. The van der Waals surface area contributed by atoms with Gasteiger partial charge in [-0.3, -0.25) is 5.10 Å². The van der Waals surface area contributed by atoms with Gasteiger partial charge in [-0.25, -0.2) is 0 Å². The first kappa shape index (κ1) is 14.2. The van der Waals surface area contributed by atoms with Gasteiger partial charge in [-0.05, 0) is 49.0 Å². The summed E-state index contributed by atoms with van der Waals surface area (Å²) < 4.78 is 2.07. The van der Waals surface area contributed by atoms with Gasteiger partial charge in [0.05, 0.1) is 6.21 Å². The summed E-state index contributed by atoms with van der Waals surface area (Å²) in [6, 6.07) is 18.1. The zero-order valence-corrected chi connectivity index (χ0v) is 12.8. The van der Waals surface area contributed by atoms with Crippen LogP contribution < -0.4 is 5.32 Å². The highest BCUT2D eigenvalue weighted by Crippen LogP contribution is 2.16. The standard InChI is InChI=1S/C16H15N5S/c1-12-19-20-16(22)21(12)17-11-13-7-9-15(10-8-13)18-14-5-3-2-4-6-14/h2-11,18H,1H3,(H,20,22)/b17-11-. The second-order valence-electron chi connectivity index (χ2n) is 4.75. The van der Waals surface area contributed by atoms with E-state index in [4.69, 9.17) is 12.2 Å². The van der Waals surface area contributed by atoms with Crippen molar-refractivity contribution in [1.29, 1.82) is 0 Å². The smallest absolute Gasteiger partial charge is 0.216 e. The Morgan fingerprint density at radius 3 is 2.41 bits per heavy atom. The van der Waals surface area contributed by atoms with Crippen LogP contribution in [0.3, 0.4) is 0 Å². The minimum atomic E-state index is 0.483. The third-order valence-electron chi connectivity index (χ3n) is 3.11. The van der Waals surface area contributed by atoms with E-state index in [9.17, 15) is 0 Å². The first-order valence-corrected chi connectivity index (χ1v) is 7.24. The van der Waals surface area contributed by atoms with Crippen LogP contribution in [0.15, 0.2) is 59.7 Å². The largest absolute Gasteiger partial charge is 0.356 e. The molecule has 1 aromatic heterocycles. The molecule has 0 saturated carbocycles. The average Bonchev–Trinajstić information content (AvgIpc) is 2.86. The first-order chi connectivity index (χ1) is 10.7. The number of hydrogen-bond acceptors (Lipinski definition) is 4. The Bertz CT molecular complexity index is 831. The zero-order chi connectivity index (χ0) is 15.4. The Morgan fingerprint density at radius 2 is 1.77 bits per heavy atom. The van der Waals surface area contributed by atoms with E-state index < -0.39 is 0 Å². The fraction of sp³-hybridized carbons (Fsp3) is 0.0625. The molecule has 0 radical (unpaired) electrons. The van der Waals surface area contributed by atoms with E-state index in [1.165, 1.54) is 0 Å². The van der Waals surface area contributed by atoms with Gasteiger partial charge in [0.25, 0.3) is 0 Å². The predicted molar refractivity (Wildman–Crippen MR) is 91.3 cm³/mol. The number of nitrogens with one attached hydrogen (secondary N) is 2. The minimum Gasteiger partial charge on any atom is -0.356 e. The molecule has 0 atom stereocenters. The highest BCUT2D eigenvalue weighted by Gasteiger charge is 1.98. The summed E-state index contributed by atoms with van der Waals surface area (Å²) in [5, 5.41) is 14.4. The molecule has 0 aliphatic rings. The topological polar surface area (TPSA) is 58.0 Å². The van der Waals surface area contributed by atoms with Gasteiger partial charge >= 0.3 is 0 Å². The van der Waals surface area contributed by atoms with Crippen LogP contribution in [0.2, 0.25) is 0 Å². The number of aromatic nitrogens is 3. The van der Waals surface area contributed by atoms with Crippen molar-refractivity contribution in [1.82, 2.24) is 14.9 Å². The maximum absolute atomic E-state index is 5.10. The van der Waals surface area contributed by atoms with E-state index in [-0.39, 0.29) is 0 Å². The summed E-state index contributed by atoms with van der Waals surface area (Å²) in [6.45, 7) is 1.84. The van der Waals surface area contributed by atoms with E-state index in [1.807, 2.05) is 61.5 Å². The Hall–Kier alpha value is -2.73. The second-order valence-corrected chi connectivity index (χ2v) is 5.13. The molecular formula is C16H15N5S. The van der Waals surface area contributed by atoms with Crippen molar-refractivity contribution in [2.45, 2.75) is 6.92 Å². The second kappa shape index (κ2) is 6.36. The predicted octanol–water partition coefficient (Wildman–Crippen LogP) is 3.87. The molecule has 110 valence electrons. The Labute approximate surface area is 133 Å². The van der Waals surface area contributed by atoms with Gasteiger partial charge in [0.2, 0.25) is 4.77 Å². The molecule has 5 nitrogen and oxygen atoms in total. The van der Waals surface area contributed by atoms with Crippen LogP contribution in [0.5, 0.6) is 0 Å². The first-order valence-electron chi connectivity index (χ1n) is 6.83. The van der Waals surface area contributed by atoms with Crippen molar-refractivity contribution in [3.63, 3.8) is 0 Å². The number of hydrogen-bond donors (Lipinski definition) is 2. The molecule has 0 spiro atoms. The molecule has 3 rings (SSSR count). The van der Waals surface area contributed by atoms with E-state index in [0.29, 0.717) is 4.77 Å². The summed E-state index contributed by atoms with van der Waals surface area (Å²) >= 11 is 5.10. The monoisotopic (exact) mass is 309 g/mol. The number of aromatic amines is 1. The number of H-pyrrole nitrogens is 1. The van der Waals surface area contributed by atoms with E-state index in [0.717, 1.165) is 22.8 Å². The van der Waals surface area contributed by atoms with Gasteiger partial charge in [0.15, 0.2) is 0 Å². The van der Waals surface area contributed by atoms with Gasteiger partial charge in [-0.15, -0.1) is 0 Å². The van der Waals surface area contributed by atoms with Crippen LogP contribution >= 0.6 is 12.2 Å². The maximum Gasteiger partial charge on any atom is 0.216 e. The lowest BCUT2D eigenvalue weighted by atomic mass is 10.2. The van der Waals surface area contributed by atoms with Crippen molar-refractivity contribution >= 4 is 29.8 Å². The molecule has 0 unspecified atom stereocenters. The van der Waals surface area contributed by atoms with Gasteiger partial charge in [-0.2, -0.15) is 14.9 Å². The molecule has 2 N–H and O–H groups in total. The van der Waals surface area contributed by atoms with E-state index in [2.05, 4.69) is 20.6 Å². The molecule has 0 aliphatic heterocycles. The van der Waals surface area contributed by atoms with Gasteiger partial charge in [-0.1, -0.05) is 30.3 Å². The molecule has 0 bridgehead atoms. The molecule has 3 aromatic rings. The molecule has 22 heavy (non-hydrogen) atoms. The molecule has 0 saturated heterocycles. The fourth-order valence-electron chi connectivity index (χ4n) is 1.97.